The standard InChI is InChI=1S/C8H9FN2O.ClH/c1-12-7-4-5(9)2-3-6(7)8(10)11;/h2-4H,1H3,(H3,10,11);1H. The van der Waals surface area contributed by atoms with Gasteiger partial charge in [-0.15, -0.1) is 12.4 Å². The van der Waals surface area contributed by atoms with Crippen LogP contribution in [0, 0.1) is 11.2 Å². The third-order valence-corrected chi connectivity index (χ3v) is 1.45. The molecule has 1 rings (SSSR count). The first-order valence-electron chi connectivity index (χ1n) is 3.33. The van der Waals surface area contributed by atoms with Gasteiger partial charge >= 0.3 is 0 Å². The largest absolute Gasteiger partial charge is 0.496 e. The molecule has 0 heterocycles. The third kappa shape index (κ3) is 2.59. The Kier molecular flexibility index (Phi) is 4.20. The SMILES string of the molecule is COc1cc(F)ccc1C(=N)N.Cl. The summed E-state index contributed by atoms with van der Waals surface area (Å²) >= 11 is 0. The Morgan fingerprint density at radius 1 is 1.54 bits per heavy atom. The number of benzene rings is 1. The summed E-state index contributed by atoms with van der Waals surface area (Å²) in [5.74, 6) is -0.258. The summed E-state index contributed by atoms with van der Waals surface area (Å²) in [5, 5.41) is 7.13. The predicted octanol–water partition coefficient (Wildman–Crippen LogP) is 1.54. The molecular formula is C8H10ClFN2O. The van der Waals surface area contributed by atoms with Crippen LogP contribution in [0.2, 0.25) is 0 Å². The van der Waals surface area contributed by atoms with E-state index in [1.165, 1.54) is 25.3 Å². The Bertz CT molecular complexity index is 317. The quantitative estimate of drug-likeness (QED) is 0.567. The highest BCUT2D eigenvalue weighted by Crippen LogP contribution is 2.18. The minimum Gasteiger partial charge on any atom is -0.496 e. The number of nitrogens with one attached hydrogen (secondary N) is 1. The van der Waals surface area contributed by atoms with Gasteiger partial charge in [-0.05, 0) is 12.1 Å². The topological polar surface area (TPSA) is 59.1 Å². The van der Waals surface area contributed by atoms with Crippen molar-refractivity contribution in [2.24, 2.45) is 5.73 Å². The first kappa shape index (κ1) is 11.7. The molecule has 0 saturated heterocycles. The van der Waals surface area contributed by atoms with E-state index in [-0.39, 0.29) is 24.0 Å². The summed E-state index contributed by atoms with van der Waals surface area (Å²) < 4.78 is 17.4. The van der Waals surface area contributed by atoms with Crippen LogP contribution in [0.15, 0.2) is 18.2 Å². The molecule has 0 amide bonds. The summed E-state index contributed by atoms with van der Waals surface area (Å²) in [6.07, 6.45) is 0. The Hall–Kier alpha value is -1.29. The number of ether oxygens (including phenoxy) is 1. The van der Waals surface area contributed by atoms with Gasteiger partial charge in [-0.2, -0.15) is 0 Å². The normalized spacial score (nSPS) is 8.77. The predicted molar refractivity (Wildman–Crippen MR) is 51.2 cm³/mol. The maximum Gasteiger partial charge on any atom is 0.132 e. The molecule has 3 nitrogen and oxygen atoms in total. The number of hydrogen-bond acceptors (Lipinski definition) is 2. The van der Waals surface area contributed by atoms with Crippen molar-refractivity contribution in [3.05, 3.63) is 29.6 Å². The van der Waals surface area contributed by atoms with Crippen molar-refractivity contribution in [3.63, 3.8) is 0 Å². The van der Waals surface area contributed by atoms with Crippen molar-refractivity contribution in [1.82, 2.24) is 0 Å². The van der Waals surface area contributed by atoms with Crippen LogP contribution in [0.5, 0.6) is 5.75 Å². The van der Waals surface area contributed by atoms with E-state index in [0.29, 0.717) is 5.56 Å². The van der Waals surface area contributed by atoms with Crippen molar-refractivity contribution < 1.29 is 9.13 Å². The lowest BCUT2D eigenvalue weighted by Gasteiger charge is -2.05. The van der Waals surface area contributed by atoms with Gasteiger partial charge in [-0.3, -0.25) is 5.41 Å². The van der Waals surface area contributed by atoms with Crippen LogP contribution in [0.3, 0.4) is 0 Å². The number of rotatable bonds is 2. The van der Waals surface area contributed by atoms with Gasteiger partial charge in [0.1, 0.15) is 17.4 Å². The van der Waals surface area contributed by atoms with E-state index in [0.717, 1.165) is 0 Å². The highest BCUT2D eigenvalue weighted by Gasteiger charge is 2.05. The molecule has 0 saturated carbocycles. The van der Waals surface area contributed by atoms with Gasteiger partial charge in [0, 0.05) is 6.07 Å². The molecular weight excluding hydrogens is 195 g/mol. The monoisotopic (exact) mass is 204 g/mol. The van der Waals surface area contributed by atoms with Gasteiger partial charge in [0.05, 0.1) is 12.7 Å². The minimum atomic E-state index is -0.406. The fraction of sp³-hybridized carbons (Fsp3) is 0.125. The van der Waals surface area contributed by atoms with Gasteiger partial charge in [0.25, 0.3) is 0 Å². The lowest BCUT2D eigenvalue weighted by Crippen LogP contribution is -2.12. The summed E-state index contributed by atoms with van der Waals surface area (Å²) in [6, 6.07) is 3.84. The lowest BCUT2D eigenvalue weighted by atomic mass is 10.2. The molecule has 13 heavy (non-hydrogen) atoms. The number of hydrogen-bond donors (Lipinski definition) is 2. The van der Waals surface area contributed by atoms with Gasteiger partial charge in [0.2, 0.25) is 0 Å². The molecule has 72 valence electrons. The molecule has 1 aromatic carbocycles. The highest BCUT2D eigenvalue weighted by molar-refractivity contribution is 5.97. The van der Waals surface area contributed by atoms with Gasteiger partial charge in [-0.1, -0.05) is 0 Å². The fourth-order valence-electron chi connectivity index (χ4n) is 0.888. The lowest BCUT2D eigenvalue weighted by molar-refractivity contribution is 0.410. The second-order valence-electron chi connectivity index (χ2n) is 2.26. The molecule has 0 aliphatic rings. The Morgan fingerprint density at radius 2 is 2.15 bits per heavy atom. The van der Waals surface area contributed by atoms with Crippen molar-refractivity contribution in [2.45, 2.75) is 0 Å². The zero-order valence-corrected chi connectivity index (χ0v) is 7.82. The zero-order valence-electron chi connectivity index (χ0n) is 7.00. The second kappa shape index (κ2) is 4.67. The zero-order chi connectivity index (χ0) is 9.14. The Balaban J connectivity index is 0.00000144. The Labute approximate surface area is 81.6 Å². The number of halogens is 2. The van der Waals surface area contributed by atoms with Crippen LogP contribution < -0.4 is 10.5 Å². The van der Waals surface area contributed by atoms with E-state index >= 15 is 0 Å². The van der Waals surface area contributed by atoms with Crippen molar-refractivity contribution >= 4 is 18.2 Å². The van der Waals surface area contributed by atoms with Gasteiger partial charge in [0.15, 0.2) is 0 Å². The molecule has 0 aromatic heterocycles. The maximum atomic E-state index is 12.6. The van der Waals surface area contributed by atoms with E-state index in [2.05, 4.69) is 0 Å². The second-order valence-corrected chi connectivity index (χ2v) is 2.26. The van der Waals surface area contributed by atoms with Crippen molar-refractivity contribution in [1.29, 1.82) is 5.41 Å². The molecule has 0 spiro atoms. The third-order valence-electron chi connectivity index (χ3n) is 1.45. The smallest absolute Gasteiger partial charge is 0.132 e. The number of methoxy groups -OCH3 is 1. The molecule has 0 radical (unpaired) electrons. The van der Waals surface area contributed by atoms with Crippen LogP contribution >= 0.6 is 12.4 Å². The van der Waals surface area contributed by atoms with Crippen molar-refractivity contribution in [3.8, 4) is 5.75 Å². The fourth-order valence-corrected chi connectivity index (χ4v) is 0.888. The summed E-state index contributed by atoms with van der Waals surface area (Å²) in [4.78, 5) is 0. The van der Waals surface area contributed by atoms with Gasteiger partial charge < -0.3 is 10.5 Å². The average molecular weight is 205 g/mol. The molecule has 0 atom stereocenters. The molecule has 1 aromatic rings. The van der Waals surface area contributed by atoms with Crippen LogP contribution in [0.25, 0.3) is 0 Å². The van der Waals surface area contributed by atoms with E-state index < -0.39 is 5.82 Å². The number of nitrogens with two attached hydrogens (primary N) is 1. The van der Waals surface area contributed by atoms with E-state index in [1.807, 2.05) is 0 Å². The molecule has 0 bridgehead atoms. The molecule has 0 fully saturated rings. The number of amidine groups is 1. The first-order valence-corrected chi connectivity index (χ1v) is 3.33. The minimum absolute atomic E-state index is 0. The van der Waals surface area contributed by atoms with E-state index in [9.17, 15) is 4.39 Å². The van der Waals surface area contributed by atoms with E-state index in [1.54, 1.807) is 0 Å². The molecule has 0 aliphatic carbocycles. The summed E-state index contributed by atoms with van der Waals surface area (Å²) in [7, 11) is 1.40. The van der Waals surface area contributed by atoms with E-state index in [4.69, 9.17) is 15.9 Å². The summed E-state index contributed by atoms with van der Waals surface area (Å²) in [5.41, 5.74) is 5.62. The highest BCUT2D eigenvalue weighted by atomic mass is 35.5. The number of nitrogen functional groups attached to an aromatic ring is 1. The van der Waals surface area contributed by atoms with Gasteiger partial charge in [-0.25, -0.2) is 4.39 Å². The Morgan fingerprint density at radius 3 is 2.62 bits per heavy atom. The summed E-state index contributed by atoms with van der Waals surface area (Å²) in [6.45, 7) is 0. The first-order chi connectivity index (χ1) is 5.65. The van der Waals surface area contributed by atoms with Crippen LogP contribution in [0.1, 0.15) is 5.56 Å². The van der Waals surface area contributed by atoms with Crippen LogP contribution in [-0.2, 0) is 0 Å². The van der Waals surface area contributed by atoms with Crippen LogP contribution in [-0.4, -0.2) is 12.9 Å². The molecule has 3 N–H and O–H groups in total. The molecule has 0 unspecified atom stereocenters. The molecule has 0 aliphatic heterocycles. The molecule has 5 heteroatoms. The maximum absolute atomic E-state index is 12.6. The van der Waals surface area contributed by atoms with Crippen molar-refractivity contribution in [2.75, 3.05) is 7.11 Å². The van der Waals surface area contributed by atoms with Crippen LogP contribution in [0.4, 0.5) is 4.39 Å². The average Bonchev–Trinajstić information content (AvgIpc) is 2.03.